The molecule has 1 N–H and O–H groups in total. The number of benzene rings is 2. The number of nitrogens with one attached hydrogen (secondary N) is 1. The molecule has 0 saturated heterocycles. The minimum atomic E-state index is -0.606. The molecule has 7 nitrogen and oxygen atoms in total. The fourth-order valence-electron chi connectivity index (χ4n) is 4.53. The van der Waals surface area contributed by atoms with Gasteiger partial charge in [0.25, 0.3) is 5.91 Å². The number of methoxy groups -OCH3 is 2. The van der Waals surface area contributed by atoms with Crippen LogP contribution in [-0.2, 0) is 16.1 Å². The molecule has 1 heterocycles. The molecule has 0 atom stereocenters. The number of hydrogen-bond donors (Lipinski definition) is 1. The molecule has 0 spiro atoms. The lowest BCUT2D eigenvalue weighted by Crippen LogP contribution is -2.29. The van der Waals surface area contributed by atoms with Crippen molar-refractivity contribution in [1.82, 2.24) is 5.32 Å². The third kappa shape index (κ3) is 3.90. The Kier molecular flexibility index (Phi) is 5.64. The summed E-state index contributed by atoms with van der Waals surface area (Å²) in [5.74, 6) is 1.75. The van der Waals surface area contributed by atoms with E-state index in [0.717, 1.165) is 42.4 Å². The molecule has 5 rings (SSSR count). The molecule has 174 valence electrons. The fourth-order valence-corrected chi connectivity index (χ4v) is 4.53. The van der Waals surface area contributed by atoms with Crippen molar-refractivity contribution in [3.8, 4) is 28.4 Å². The molecule has 0 aromatic heterocycles. The molecule has 2 saturated carbocycles. The predicted octanol–water partition coefficient (Wildman–Crippen LogP) is 4.12. The average molecular weight is 452 g/mol. The van der Waals surface area contributed by atoms with Crippen molar-refractivity contribution in [2.75, 3.05) is 27.4 Å². The summed E-state index contributed by atoms with van der Waals surface area (Å²) in [4.78, 5) is 25.0. The summed E-state index contributed by atoms with van der Waals surface area (Å²) in [5.41, 5.74) is 2.65. The van der Waals surface area contributed by atoms with Crippen LogP contribution < -0.4 is 19.5 Å². The molecule has 1 aliphatic heterocycles. The van der Waals surface area contributed by atoms with Gasteiger partial charge < -0.3 is 24.3 Å². The van der Waals surface area contributed by atoms with E-state index in [1.54, 1.807) is 14.2 Å². The van der Waals surface area contributed by atoms with Crippen LogP contribution in [0.3, 0.4) is 0 Å². The normalized spacial score (nSPS) is 18.1. The first kappa shape index (κ1) is 21.6. The highest BCUT2D eigenvalue weighted by Gasteiger charge is 2.53. The highest BCUT2D eigenvalue weighted by Crippen LogP contribution is 2.51. The molecule has 3 aliphatic rings. The fraction of sp³-hybridized carbons (Fsp3) is 0.462. The summed E-state index contributed by atoms with van der Waals surface area (Å²) in [6.07, 6.45) is 4.99. The van der Waals surface area contributed by atoms with E-state index in [2.05, 4.69) is 5.32 Å². The third-order valence-electron chi connectivity index (χ3n) is 7.09. The van der Waals surface area contributed by atoms with Crippen LogP contribution in [0.4, 0.5) is 0 Å². The molecule has 2 aromatic carbocycles. The van der Waals surface area contributed by atoms with E-state index in [-0.39, 0.29) is 18.5 Å². The van der Waals surface area contributed by atoms with Crippen molar-refractivity contribution in [3.63, 3.8) is 0 Å². The van der Waals surface area contributed by atoms with Gasteiger partial charge in [0.05, 0.1) is 20.8 Å². The van der Waals surface area contributed by atoms with Crippen LogP contribution in [0.15, 0.2) is 30.3 Å². The van der Waals surface area contributed by atoms with Crippen molar-refractivity contribution in [1.29, 1.82) is 0 Å². The average Bonchev–Trinajstić information content (AvgIpc) is 3.51. The number of carbonyl (C=O) groups excluding carboxylic acids is 2. The molecule has 0 bridgehead atoms. The van der Waals surface area contributed by atoms with Gasteiger partial charge in [-0.2, -0.15) is 0 Å². The summed E-state index contributed by atoms with van der Waals surface area (Å²) < 4.78 is 23.1. The largest absolute Gasteiger partial charge is 0.493 e. The quantitative estimate of drug-likeness (QED) is 0.578. The first-order valence-electron chi connectivity index (χ1n) is 11.5. The van der Waals surface area contributed by atoms with Crippen molar-refractivity contribution < 1.29 is 28.5 Å². The molecule has 2 aliphatic carbocycles. The number of esters is 1. The Hall–Kier alpha value is -3.22. The van der Waals surface area contributed by atoms with E-state index in [9.17, 15) is 9.59 Å². The number of amides is 1. The molecule has 33 heavy (non-hydrogen) atoms. The SMILES string of the molecule is COc1ccc(-c2cccc3c2CNC3=O)c(OCC2(C(=O)OCC3CCC3)CC2)c1OC. The number of fused-ring (bicyclic) bond motifs is 1. The number of ether oxygens (including phenoxy) is 4. The summed E-state index contributed by atoms with van der Waals surface area (Å²) >= 11 is 0. The van der Waals surface area contributed by atoms with E-state index >= 15 is 0 Å². The zero-order valence-corrected chi connectivity index (χ0v) is 19.1. The Balaban J connectivity index is 1.44. The Morgan fingerprint density at radius 2 is 1.82 bits per heavy atom. The van der Waals surface area contributed by atoms with Crippen LogP contribution in [-0.4, -0.2) is 39.3 Å². The van der Waals surface area contributed by atoms with Crippen LogP contribution in [0.5, 0.6) is 17.2 Å². The van der Waals surface area contributed by atoms with Crippen LogP contribution in [0.1, 0.15) is 48.0 Å². The van der Waals surface area contributed by atoms with E-state index in [0.29, 0.717) is 41.9 Å². The molecule has 2 aromatic rings. The molecule has 1 amide bonds. The molecule has 0 radical (unpaired) electrons. The van der Waals surface area contributed by atoms with Crippen LogP contribution >= 0.6 is 0 Å². The van der Waals surface area contributed by atoms with Gasteiger partial charge in [0.2, 0.25) is 5.75 Å². The highest BCUT2D eigenvalue weighted by molar-refractivity contribution is 6.01. The van der Waals surface area contributed by atoms with E-state index in [1.165, 1.54) is 6.42 Å². The zero-order valence-electron chi connectivity index (χ0n) is 19.1. The minimum Gasteiger partial charge on any atom is -0.493 e. The van der Waals surface area contributed by atoms with Crippen LogP contribution in [0.25, 0.3) is 11.1 Å². The smallest absolute Gasteiger partial charge is 0.315 e. The van der Waals surface area contributed by atoms with E-state index in [1.807, 2.05) is 30.3 Å². The second kappa shape index (κ2) is 8.61. The molecule has 2 fully saturated rings. The second-order valence-corrected chi connectivity index (χ2v) is 9.16. The monoisotopic (exact) mass is 451 g/mol. The van der Waals surface area contributed by atoms with Crippen molar-refractivity contribution in [3.05, 3.63) is 41.5 Å². The van der Waals surface area contributed by atoms with Crippen LogP contribution in [0, 0.1) is 11.3 Å². The van der Waals surface area contributed by atoms with Gasteiger partial charge in [-0.05, 0) is 60.9 Å². The summed E-state index contributed by atoms with van der Waals surface area (Å²) in [6, 6.07) is 9.38. The standard InChI is InChI=1S/C26H29NO6/c1-30-21-10-9-18(17-7-4-8-19-20(17)13-27-24(19)28)22(23(21)31-2)33-15-26(11-12-26)25(29)32-14-16-5-3-6-16/h4,7-10,16H,3,5-6,11-15H2,1-2H3,(H,27,28). The predicted molar refractivity (Wildman–Crippen MR) is 122 cm³/mol. The van der Waals surface area contributed by atoms with Gasteiger partial charge in [0, 0.05) is 17.7 Å². The Bertz CT molecular complexity index is 1090. The Morgan fingerprint density at radius 3 is 2.48 bits per heavy atom. The lowest BCUT2D eigenvalue weighted by atomic mass is 9.86. The summed E-state index contributed by atoms with van der Waals surface area (Å²) in [7, 11) is 3.14. The van der Waals surface area contributed by atoms with Gasteiger partial charge in [-0.25, -0.2) is 0 Å². The van der Waals surface area contributed by atoms with Crippen molar-refractivity contribution in [2.24, 2.45) is 11.3 Å². The molecular weight excluding hydrogens is 422 g/mol. The van der Waals surface area contributed by atoms with Crippen molar-refractivity contribution >= 4 is 11.9 Å². The topological polar surface area (TPSA) is 83.1 Å². The van der Waals surface area contributed by atoms with Gasteiger partial charge >= 0.3 is 5.97 Å². The first-order valence-corrected chi connectivity index (χ1v) is 11.5. The second-order valence-electron chi connectivity index (χ2n) is 9.16. The molecule has 7 heteroatoms. The number of hydrogen-bond acceptors (Lipinski definition) is 6. The summed E-state index contributed by atoms with van der Waals surface area (Å²) in [5, 5.41) is 2.88. The van der Waals surface area contributed by atoms with Gasteiger partial charge in [-0.3, -0.25) is 9.59 Å². The minimum absolute atomic E-state index is 0.0825. The lowest BCUT2D eigenvalue weighted by molar-refractivity contribution is -0.153. The van der Waals surface area contributed by atoms with Crippen molar-refractivity contribution in [2.45, 2.75) is 38.6 Å². The van der Waals surface area contributed by atoms with Gasteiger partial charge in [0.15, 0.2) is 11.5 Å². The third-order valence-corrected chi connectivity index (χ3v) is 7.09. The maximum atomic E-state index is 12.8. The number of rotatable bonds is 9. The van der Waals surface area contributed by atoms with Gasteiger partial charge in [0.1, 0.15) is 12.0 Å². The maximum Gasteiger partial charge on any atom is 0.315 e. The summed E-state index contributed by atoms with van der Waals surface area (Å²) in [6.45, 7) is 1.17. The highest BCUT2D eigenvalue weighted by atomic mass is 16.5. The Morgan fingerprint density at radius 1 is 1.03 bits per heavy atom. The molecular formula is C26H29NO6. The van der Waals surface area contributed by atoms with E-state index in [4.69, 9.17) is 18.9 Å². The molecule has 0 unspecified atom stereocenters. The first-order chi connectivity index (χ1) is 16.1. The van der Waals surface area contributed by atoms with Gasteiger partial charge in [-0.15, -0.1) is 0 Å². The Labute approximate surface area is 193 Å². The zero-order chi connectivity index (χ0) is 23.0. The van der Waals surface area contributed by atoms with E-state index < -0.39 is 5.41 Å². The van der Waals surface area contributed by atoms with Gasteiger partial charge in [-0.1, -0.05) is 18.6 Å². The lowest BCUT2D eigenvalue weighted by Gasteiger charge is -2.26. The van der Waals surface area contributed by atoms with Crippen LogP contribution in [0.2, 0.25) is 0 Å². The maximum absolute atomic E-state index is 12.8. The number of carbonyl (C=O) groups is 2.